The number of fused-ring (bicyclic) bond motifs is 1. The third-order valence-corrected chi connectivity index (χ3v) is 5.11. The Morgan fingerprint density at radius 3 is 3.07 bits per heavy atom. The maximum Gasteiger partial charge on any atom is 0.0348 e. The number of hydrogen-bond acceptors (Lipinski definition) is 1. The van der Waals surface area contributed by atoms with E-state index in [0.29, 0.717) is 5.75 Å². The molecule has 1 aromatic rings. The molecule has 0 aliphatic carbocycles. The van der Waals surface area contributed by atoms with Gasteiger partial charge in [-0.25, -0.2) is 0 Å². The first-order valence-electron chi connectivity index (χ1n) is 4.80. The van der Waals surface area contributed by atoms with E-state index >= 15 is 0 Å². The number of nitrogens with one attached hydrogen (secondary N) is 1. The van der Waals surface area contributed by atoms with Gasteiger partial charge in [0.2, 0.25) is 0 Å². The Morgan fingerprint density at radius 2 is 2.29 bits per heavy atom. The van der Waals surface area contributed by atoms with Gasteiger partial charge in [-0.2, -0.15) is 0 Å². The lowest BCUT2D eigenvalue weighted by Crippen LogP contribution is -2.26. The standard InChI is InChI=1S/C11H15NOS/c1-2-3-8-14(13)11-7-5-4-6-10(11)9-12-14/h2-7,14H,8-9H2,1H3,(H,12,13). The summed E-state index contributed by atoms with van der Waals surface area (Å²) in [6.07, 6.45) is 3.91. The third kappa shape index (κ3) is 1.53. The summed E-state index contributed by atoms with van der Waals surface area (Å²) in [5, 5.41) is 0. The van der Waals surface area contributed by atoms with Gasteiger partial charge in [0.15, 0.2) is 0 Å². The van der Waals surface area contributed by atoms with Gasteiger partial charge in [-0.15, -0.1) is 0 Å². The first-order valence-corrected chi connectivity index (χ1v) is 6.69. The summed E-state index contributed by atoms with van der Waals surface area (Å²) in [5.74, 6) is 0.626. The van der Waals surface area contributed by atoms with Crippen LogP contribution in [0.25, 0.3) is 0 Å². The number of allylic oxidation sites excluding steroid dienone is 1. The van der Waals surface area contributed by atoms with E-state index in [4.69, 9.17) is 0 Å². The minimum absolute atomic E-state index is 0.626. The van der Waals surface area contributed by atoms with Crippen molar-refractivity contribution in [3.05, 3.63) is 42.0 Å². The van der Waals surface area contributed by atoms with Crippen molar-refractivity contribution < 1.29 is 4.21 Å². The van der Waals surface area contributed by atoms with E-state index < -0.39 is 10.1 Å². The number of rotatable bonds is 2. The Bertz CT molecular complexity index is 412. The van der Waals surface area contributed by atoms with Crippen LogP contribution in [-0.2, 0) is 16.7 Å². The molecule has 1 aliphatic rings. The smallest absolute Gasteiger partial charge is 0.0348 e. The maximum atomic E-state index is 12.4. The van der Waals surface area contributed by atoms with Crippen LogP contribution < -0.4 is 4.72 Å². The summed E-state index contributed by atoms with van der Waals surface area (Å²) < 4.78 is 15.6. The summed E-state index contributed by atoms with van der Waals surface area (Å²) in [7, 11) is -2.31. The lowest BCUT2D eigenvalue weighted by molar-refractivity contribution is 0.666. The molecule has 2 rings (SSSR count). The van der Waals surface area contributed by atoms with E-state index in [9.17, 15) is 4.21 Å². The second-order valence-corrected chi connectivity index (χ2v) is 6.10. The SMILES string of the molecule is CC=CC[SH]1(=O)NCc2ccccc21. The van der Waals surface area contributed by atoms with Crippen molar-refractivity contribution in [2.45, 2.75) is 18.4 Å². The molecule has 76 valence electrons. The van der Waals surface area contributed by atoms with Gasteiger partial charge in [-0.3, -0.25) is 8.93 Å². The fraction of sp³-hybridized carbons (Fsp3) is 0.273. The van der Waals surface area contributed by atoms with Gasteiger partial charge in [0.1, 0.15) is 0 Å². The van der Waals surface area contributed by atoms with Gasteiger partial charge in [0, 0.05) is 17.2 Å². The molecule has 0 atom stereocenters. The van der Waals surface area contributed by atoms with Gasteiger partial charge in [-0.1, -0.05) is 30.4 Å². The van der Waals surface area contributed by atoms with E-state index in [0.717, 1.165) is 11.4 Å². The Labute approximate surface area is 85.6 Å². The van der Waals surface area contributed by atoms with Gasteiger partial charge in [0.25, 0.3) is 0 Å². The summed E-state index contributed by atoms with van der Waals surface area (Å²) in [6, 6.07) is 7.96. The Kier molecular flexibility index (Phi) is 2.52. The first kappa shape index (κ1) is 9.62. The van der Waals surface area contributed by atoms with Crippen molar-refractivity contribution in [3.8, 4) is 0 Å². The van der Waals surface area contributed by atoms with Crippen LogP contribution in [0.1, 0.15) is 12.5 Å². The van der Waals surface area contributed by atoms with Crippen LogP contribution in [0.5, 0.6) is 0 Å². The fourth-order valence-electron chi connectivity index (χ4n) is 1.73. The highest BCUT2D eigenvalue weighted by atomic mass is 32.3. The van der Waals surface area contributed by atoms with Gasteiger partial charge in [-0.05, 0) is 28.7 Å². The van der Waals surface area contributed by atoms with Crippen molar-refractivity contribution in [1.29, 1.82) is 0 Å². The zero-order chi connectivity index (χ0) is 10.0. The summed E-state index contributed by atoms with van der Waals surface area (Å²) in [5.41, 5.74) is 1.18. The molecule has 1 heterocycles. The molecule has 0 saturated carbocycles. The molecule has 0 aromatic heterocycles. The zero-order valence-corrected chi connectivity index (χ0v) is 9.13. The van der Waals surface area contributed by atoms with E-state index in [2.05, 4.69) is 4.72 Å². The Morgan fingerprint density at radius 1 is 1.50 bits per heavy atom. The molecule has 0 spiro atoms. The number of benzene rings is 1. The monoisotopic (exact) mass is 209 g/mol. The van der Waals surface area contributed by atoms with Crippen LogP contribution in [0.2, 0.25) is 0 Å². The molecule has 0 radical (unpaired) electrons. The molecule has 0 saturated heterocycles. The van der Waals surface area contributed by atoms with Crippen molar-refractivity contribution in [1.82, 2.24) is 4.72 Å². The van der Waals surface area contributed by atoms with Crippen molar-refractivity contribution in [2.75, 3.05) is 5.75 Å². The molecule has 14 heavy (non-hydrogen) atoms. The van der Waals surface area contributed by atoms with Crippen molar-refractivity contribution in [3.63, 3.8) is 0 Å². The first-order chi connectivity index (χ1) is 6.76. The highest BCUT2D eigenvalue weighted by molar-refractivity contribution is 8.01. The molecule has 1 aliphatic heterocycles. The molecule has 0 unspecified atom stereocenters. The van der Waals surface area contributed by atoms with Gasteiger partial charge < -0.3 is 0 Å². The maximum absolute atomic E-state index is 12.4. The summed E-state index contributed by atoms with van der Waals surface area (Å²) >= 11 is 0. The van der Waals surface area contributed by atoms with Crippen LogP contribution in [-0.4, -0.2) is 9.96 Å². The predicted octanol–water partition coefficient (Wildman–Crippen LogP) is 1.66. The largest absolute Gasteiger partial charge is 0.266 e. The van der Waals surface area contributed by atoms with E-state index in [-0.39, 0.29) is 0 Å². The molecule has 0 fully saturated rings. The quantitative estimate of drug-likeness (QED) is 0.563. The number of thiol groups is 1. The van der Waals surface area contributed by atoms with Crippen molar-refractivity contribution in [2.24, 2.45) is 0 Å². The molecular weight excluding hydrogens is 194 g/mol. The van der Waals surface area contributed by atoms with E-state index in [1.165, 1.54) is 5.56 Å². The van der Waals surface area contributed by atoms with Crippen LogP contribution >= 0.6 is 0 Å². The highest BCUT2D eigenvalue weighted by Gasteiger charge is 2.24. The van der Waals surface area contributed by atoms with E-state index in [1.54, 1.807) is 0 Å². The molecule has 2 nitrogen and oxygen atoms in total. The van der Waals surface area contributed by atoms with Crippen LogP contribution in [0.4, 0.5) is 0 Å². The fourth-order valence-corrected chi connectivity index (χ4v) is 4.10. The van der Waals surface area contributed by atoms with Gasteiger partial charge in [0.05, 0.1) is 0 Å². The minimum atomic E-state index is -2.31. The average Bonchev–Trinajstić information content (AvgIpc) is 2.55. The molecule has 0 bridgehead atoms. The van der Waals surface area contributed by atoms with Gasteiger partial charge >= 0.3 is 0 Å². The lowest BCUT2D eigenvalue weighted by atomic mass is 10.2. The normalized spacial score (nSPS) is 20.9. The Balaban J connectivity index is 2.37. The van der Waals surface area contributed by atoms with Crippen LogP contribution in [0, 0.1) is 0 Å². The molecule has 3 heteroatoms. The summed E-state index contributed by atoms with van der Waals surface area (Å²) in [4.78, 5) is 1.01. The topological polar surface area (TPSA) is 29.1 Å². The Hall–Kier alpha value is -0.930. The molecule has 0 amide bonds. The third-order valence-electron chi connectivity index (χ3n) is 2.50. The molecule has 1 N–H and O–H groups in total. The van der Waals surface area contributed by atoms with E-state index in [1.807, 2.05) is 43.3 Å². The zero-order valence-electron chi connectivity index (χ0n) is 8.23. The lowest BCUT2D eigenvalue weighted by Gasteiger charge is -2.17. The van der Waals surface area contributed by atoms with Crippen LogP contribution in [0.3, 0.4) is 0 Å². The summed E-state index contributed by atoms with van der Waals surface area (Å²) in [6.45, 7) is 2.69. The average molecular weight is 209 g/mol. The second kappa shape index (κ2) is 3.67. The second-order valence-electron chi connectivity index (χ2n) is 3.45. The number of hydrogen-bond donors (Lipinski definition) is 2. The van der Waals surface area contributed by atoms with Crippen LogP contribution in [0.15, 0.2) is 41.3 Å². The predicted molar refractivity (Wildman–Crippen MR) is 60.8 cm³/mol. The molecule has 1 aromatic carbocycles. The molecular formula is C11H15NOS. The highest BCUT2D eigenvalue weighted by Crippen LogP contribution is 2.27. The van der Waals surface area contributed by atoms with Crippen molar-refractivity contribution >= 4 is 10.1 Å². The minimum Gasteiger partial charge on any atom is -0.266 e.